The highest BCUT2D eigenvalue weighted by Crippen LogP contribution is 2.22. The monoisotopic (exact) mass is 179 g/mol. The summed E-state index contributed by atoms with van der Waals surface area (Å²) in [6, 6.07) is 3.54. The van der Waals surface area contributed by atoms with Crippen molar-refractivity contribution >= 4 is 5.69 Å². The van der Waals surface area contributed by atoms with Crippen LogP contribution in [0.1, 0.15) is 23.6 Å². The predicted molar refractivity (Wildman–Crippen MR) is 51.9 cm³/mol. The second kappa shape index (κ2) is 3.56. The molecule has 0 aromatic heterocycles. The Hall–Kier alpha value is -1.38. The molecule has 0 unspecified atom stereocenters. The van der Waals surface area contributed by atoms with Crippen molar-refractivity contribution in [1.29, 1.82) is 0 Å². The van der Waals surface area contributed by atoms with E-state index in [4.69, 9.17) is 0 Å². The molecular weight excluding hydrogens is 166 g/mol. The molecule has 1 aromatic rings. The molecular formula is C10H13NO2. The molecule has 0 atom stereocenters. The van der Waals surface area contributed by atoms with Crippen molar-refractivity contribution in [3.63, 3.8) is 0 Å². The van der Waals surface area contributed by atoms with E-state index in [1.807, 2.05) is 19.9 Å². The van der Waals surface area contributed by atoms with Gasteiger partial charge in [-0.2, -0.15) is 0 Å². The van der Waals surface area contributed by atoms with Gasteiger partial charge in [0.05, 0.1) is 4.92 Å². The van der Waals surface area contributed by atoms with Gasteiger partial charge >= 0.3 is 0 Å². The van der Waals surface area contributed by atoms with Gasteiger partial charge in [0.2, 0.25) is 0 Å². The first-order valence-electron chi connectivity index (χ1n) is 4.30. The highest BCUT2D eigenvalue weighted by atomic mass is 16.6. The molecule has 0 amide bonds. The Morgan fingerprint density at radius 3 is 2.38 bits per heavy atom. The topological polar surface area (TPSA) is 43.1 Å². The van der Waals surface area contributed by atoms with Crippen LogP contribution in [0.4, 0.5) is 5.69 Å². The van der Waals surface area contributed by atoms with Crippen LogP contribution in [0.25, 0.3) is 0 Å². The van der Waals surface area contributed by atoms with Crippen LogP contribution in [-0.4, -0.2) is 4.92 Å². The summed E-state index contributed by atoms with van der Waals surface area (Å²) in [7, 11) is 0. The SMILES string of the molecule is CCc1cc([N+](=O)[O-])c(C)cc1C. The maximum absolute atomic E-state index is 10.6. The van der Waals surface area contributed by atoms with Crippen molar-refractivity contribution in [2.24, 2.45) is 0 Å². The predicted octanol–water partition coefficient (Wildman–Crippen LogP) is 2.77. The zero-order chi connectivity index (χ0) is 10.0. The van der Waals surface area contributed by atoms with Gasteiger partial charge in [0, 0.05) is 11.6 Å². The summed E-state index contributed by atoms with van der Waals surface area (Å²) in [5.74, 6) is 0. The first-order chi connectivity index (χ1) is 6.06. The van der Waals surface area contributed by atoms with Gasteiger partial charge in [0.25, 0.3) is 5.69 Å². The molecule has 3 nitrogen and oxygen atoms in total. The fourth-order valence-corrected chi connectivity index (χ4v) is 1.46. The Bertz CT molecular complexity index is 345. The average Bonchev–Trinajstić information content (AvgIpc) is 2.03. The van der Waals surface area contributed by atoms with Gasteiger partial charge in [-0.1, -0.05) is 6.92 Å². The number of hydrogen-bond acceptors (Lipinski definition) is 2. The molecule has 1 rings (SSSR count). The second-order valence-corrected chi connectivity index (χ2v) is 3.18. The number of hydrogen-bond donors (Lipinski definition) is 0. The van der Waals surface area contributed by atoms with Crippen LogP contribution in [0.5, 0.6) is 0 Å². The lowest BCUT2D eigenvalue weighted by molar-refractivity contribution is -0.385. The molecule has 0 N–H and O–H groups in total. The van der Waals surface area contributed by atoms with Gasteiger partial charge < -0.3 is 0 Å². The molecule has 0 saturated heterocycles. The molecule has 0 saturated carbocycles. The van der Waals surface area contributed by atoms with Crippen LogP contribution in [0.3, 0.4) is 0 Å². The number of benzene rings is 1. The lowest BCUT2D eigenvalue weighted by Gasteiger charge is -2.04. The van der Waals surface area contributed by atoms with Crippen molar-refractivity contribution in [2.75, 3.05) is 0 Å². The summed E-state index contributed by atoms with van der Waals surface area (Å²) < 4.78 is 0. The molecule has 0 aliphatic rings. The highest BCUT2D eigenvalue weighted by molar-refractivity contribution is 5.46. The van der Waals surface area contributed by atoms with E-state index in [-0.39, 0.29) is 10.6 Å². The molecule has 0 radical (unpaired) electrons. The number of aryl methyl sites for hydroxylation is 3. The summed E-state index contributed by atoms with van der Waals surface area (Å²) in [6.45, 7) is 5.75. The number of nitrogens with zero attached hydrogens (tertiary/aromatic N) is 1. The van der Waals surface area contributed by atoms with E-state index in [1.165, 1.54) is 0 Å². The van der Waals surface area contributed by atoms with Gasteiger partial charge in [-0.15, -0.1) is 0 Å². The Kier molecular flexibility index (Phi) is 2.66. The average molecular weight is 179 g/mol. The zero-order valence-electron chi connectivity index (χ0n) is 8.13. The minimum atomic E-state index is -0.325. The van der Waals surface area contributed by atoms with E-state index in [2.05, 4.69) is 0 Å². The maximum atomic E-state index is 10.6. The smallest absolute Gasteiger partial charge is 0.258 e. The van der Waals surface area contributed by atoms with E-state index in [9.17, 15) is 10.1 Å². The first-order valence-corrected chi connectivity index (χ1v) is 4.30. The third kappa shape index (κ3) is 1.86. The standard InChI is InChI=1S/C10H13NO2/c1-4-9-6-10(11(12)13)8(3)5-7(9)2/h5-6H,4H2,1-3H3. The van der Waals surface area contributed by atoms with Crippen molar-refractivity contribution in [1.82, 2.24) is 0 Å². The minimum Gasteiger partial charge on any atom is -0.258 e. The molecule has 13 heavy (non-hydrogen) atoms. The third-order valence-corrected chi connectivity index (χ3v) is 2.23. The van der Waals surface area contributed by atoms with Crippen molar-refractivity contribution < 1.29 is 4.92 Å². The van der Waals surface area contributed by atoms with Gasteiger partial charge in [-0.3, -0.25) is 10.1 Å². The Morgan fingerprint density at radius 1 is 1.31 bits per heavy atom. The number of nitro benzene ring substituents is 1. The zero-order valence-corrected chi connectivity index (χ0v) is 8.13. The Labute approximate surface area is 77.5 Å². The van der Waals surface area contributed by atoms with E-state index in [0.717, 1.165) is 23.1 Å². The van der Waals surface area contributed by atoms with Gasteiger partial charge in [-0.25, -0.2) is 0 Å². The second-order valence-electron chi connectivity index (χ2n) is 3.18. The molecule has 3 heteroatoms. The largest absolute Gasteiger partial charge is 0.272 e. The minimum absolute atomic E-state index is 0.224. The maximum Gasteiger partial charge on any atom is 0.272 e. The van der Waals surface area contributed by atoms with Crippen LogP contribution < -0.4 is 0 Å². The highest BCUT2D eigenvalue weighted by Gasteiger charge is 2.12. The van der Waals surface area contributed by atoms with Crippen LogP contribution in [0, 0.1) is 24.0 Å². The van der Waals surface area contributed by atoms with E-state index in [1.54, 1.807) is 13.0 Å². The van der Waals surface area contributed by atoms with Crippen LogP contribution in [-0.2, 0) is 6.42 Å². The van der Waals surface area contributed by atoms with Crippen molar-refractivity contribution in [2.45, 2.75) is 27.2 Å². The van der Waals surface area contributed by atoms with Crippen LogP contribution in [0.2, 0.25) is 0 Å². The van der Waals surface area contributed by atoms with Crippen LogP contribution in [0.15, 0.2) is 12.1 Å². The third-order valence-electron chi connectivity index (χ3n) is 2.23. The number of nitro groups is 1. The van der Waals surface area contributed by atoms with Gasteiger partial charge in [0.15, 0.2) is 0 Å². The lowest BCUT2D eigenvalue weighted by Crippen LogP contribution is -1.95. The normalized spacial score (nSPS) is 10.1. The van der Waals surface area contributed by atoms with Crippen LogP contribution >= 0.6 is 0 Å². The molecule has 1 aromatic carbocycles. The van der Waals surface area contributed by atoms with Crippen molar-refractivity contribution in [3.8, 4) is 0 Å². The fraction of sp³-hybridized carbons (Fsp3) is 0.400. The quantitative estimate of drug-likeness (QED) is 0.517. The fourth-order valence-electron chi connectivity index (χ4n) is 1.46. The molecule has 0 aliphatic heterocycles. The van der Waals surface area contributed by atoms with E-state index < -0.39 is 0 Å². The molecule has 0 aliphatic carbocycles. The Morgan fingerprint density at radius 2 is 1.92 bits per heavy atom. The summed E-state index contributed by atoms with van der Waals surface area (Å²) in [5.41, 5.74) is 3.14. The van der Waals surface area contributed by atoms with Gasteiger partial charge in [0.1, 0.15) is 0 Å². The molecule has 0 spiro atoms. The summed E-state index contributed by atoms with van der Waals surface area (Å²) in [4.78, 5) is 10.3. The van der Waals surface area contributed by atoms with Crippen molar-refractivity contribution in [3.05, 3.63) is 38.9 Å². The molecule has 0 heterocycles. The lowest BCUT2D eigenvalue weighted by atomic mass is 10.0. The van der Waals surface area contributed by atoms with Gasteiger partial charge in [-0.05, 0) is 37.5 Å². The number of rotatable bonds is 2. The molecule has 70 valence electrons. The summed E-state index contributed by atoms with van der Waals surface area (Å²) >= 11 is 0. The Balaban J connectivity index is 3.30. The molecule has 0 bridgehead atoms. The van der Waals surface area contributed by atoms with E-state index >= 15 is 0 Å². The molecule has 0 fully saturated rings. The summed E-state index contributed by atoms with van der Waals surface area (Å²) in [5, 5.41) is 10.6. The van der Waals surface area contributed by atoms with E-state index in [0.29, 0.717) is 0 Å². The summed E-state index contributed by atoms with van der Waals surface area (Å²) in [6.07, 6.45) is 0.840. The first kappa shape index (κ1) is 9.71.